The molecule has 0 aliphatic rings. The van der Waals surface area contributed by atoms with Gasteiger partial charge in [-0.15, -0.1) is 0 Å². The van der Waals surface area contributed by atoms with Gasteiger partial charge in [0.2, 0.25) is 0 Å². The second kappa shape index (κ2) is 7.30. The molecular weight excluding hydrogens is 317 g/mol. The molecule has 0 unspecified atom stereocenters. The highest BCUT2D eigenvalue weighted by Crippen LogP contribution is 2.23. The standard InChI is InChI=1S/C20H20FN3O/c1-3-23(4-2)20(25)19-14-18(15-10-12-16(21)13-11-15)22-24(19)17-8-6-5-7-9-17/h5-14H,3-4H2,1-2H3. The Labute approximate surface area is 146 Å². The molecule has 4 nitrogen and oxygen atoms in total. The third kappa shape index (κ3) is 3.45. The average Bonchev–Trinajstić information content (AvgIpc) is 3.09. The van der Waals surface area contributed by atoms with Gasteiger partial charge in [-0.25, -0.2) is 9.07 Å². The summed E-state index contributed by atoms with van der Waals surface area (Å²) in [5.74, 6) is -0.375. The number of benzene rings is 2. The van der Waals surface area contributed by atoms with E-state index in [1.54, 1.807) is 27.8 Å². The molecule has 0 aliphatic carbocycles. The van der Waals surface area contributed by atoms with Gasteiger partial charge < -0.3 is 4.90 Å². The number of nitrogens with zero attached hydrogens (tertiary/aromatic N) is 3. The van der Waals surface area contributed by atoms with Gasteiger partial charge in [-0.2, -0.15) is 5.10 Å². The van der Waals surface area contributed by atoms with Gasteiger partial charge in [0.05, 0.1) is 11.4 Å². The lowest BCUT2D eigenvalue weighted by Gasteiger charge is -2.19. The zero-order chi connectivity index (χ0) is 17.8. The summed E-state index contributed by atoms with van der Waals surface area (Å²) in [7, 11) is 0. The molecule has 0 saturated heterocycles. The van der Waals surface area contributed by atoms with Crippen molar-refractivity contribution in [2.24, 2.45) is 0 Å². The Kier molecular flexibility index (Phi) is 4.93. The van der Waals surface area contributed by atoms with Crippen LogP contribution in [0.3, 0.4) is 0 Å². The smallest absolute Gasteiger partial charge is 0.272 e. The van der Waals surface area contributed by atoms with Gasteiger partial charge in [0, 0.05) is 18.7 Å². The number of carbonyl (C=O) groups is 1. The van der Waals surface area contributed by atoms with E-state index in [0.29, 0.717) is 24.5 Å². The lowest BCUT2D eigenvalue weighted by Crippen LogP contribution is -2.32. The minimum Gasteiger partial charge on any atom is -0.338 e. The Morgan fingerprint density at radius 3 is 2.28 bits per heavy atom. The topological polar surface area (TPSA) is 38.1 Å². The van der Waals surface area contributed by atoms with Crippen molar-refractivity contribution in [3.63, 3.8) is 0 Å². The van der Waals surface area contributed by atoms with Crippen molar-refractivity contribution < 1.29 is 9.18 Å². The summed E-state index contributed by atoms with van der Waals surface area (Å²) in [4.78, 5) is 14.7. The summed E-state index contributed by atoms with van der Waals surface area (Å²) in [5, 5.41) is 4.60. The number of hydrogen-bond donors (Lipinski definition) is 0. The van der Waals surface area contributed by atoms with Crippen molar-refractivity contribution >= 4 is 5.91 Å². The lowest BCUT2D eigenvalue weighted by atomic mass is 10.1. The summed E-state index contributed by atoms with van der Waals surface area (Å²) in [6.45, 7) is 5.15. The van der Waals surface area contributed by atoms with E-state index in [9.17, 15) is 9.18 Å². The zero-order valence-corrected chi connectivity index (χ0v) is 14.3. The molecule has 1 amide bonds. The Bertz CT molecular complexity index is 852. The SMILES string of the molecule is CCN(CC)C(=O)c1cc(-c2ccc(F)cc2)nn1-c1ccccc1. The van der Waals surface area contributed by atoms with Crippen molar-refractivity contribution in [1.82, 2.24) is 14.7 Å². The second-order valence-corrected chi connectivity index (χ2v) is 5.65. The second-order valence-electron chi connectivity index (χ2n) is 5.65. The first-order valence-electron chi connectivity index (χ1n) is 8.34. The van der Waals surface area contributed by atoms with Crippen molar-refractivity contribution in [1.29, 1.82) is 0 Å². The summed E-state index contributed by atoms with van der Waals surface area (Å²) >= 11 is 0. The molecule has 1 heterocycles. The zero-order valence-electron chi connectivity index (χ0n) is 14.3. The van der Waals surface area contributed by atoms with Crippen LogP contribution in [0.5, 0.6) is 0 Å². The highest BCUT2D eigenvalue weighted by atomic mass is 19.1. The molecule has 2 aromatic carbocycles. The molecule has 3 rings (SSSR count). The van der Waals surface area contributed by atoms with E-state index in [1.165, 1.54) is 12.1 Å². The Morgan fingerprint density at radius 1 is 1.04 bits per heavy atom. The number of rotatable bonds is 5. The Balaban J connectivity index is 2.11. The molecule has 0 saturated carbocycles. The number of hydrogen-bond acceptors (Lipinski definition) is 2. The fourth-order valence-electron chi connectivity index (χ4n) is 2.73. The number of carbonyl (C=O) groups excluding carboxylic acids is 1. The van der Waals surface area contributed by atoms with Crippen LogP contribution in [-0.2, 0) is 0 Å². The van der Waals surface area contributed by atoms with Gasteiger partial charge in [-0.1, -0.05) is 18.2 Å². The highest BCUT2D eigenvalue weighted by Gasteiger charge is 2.21. The molecule has 0 aliphatic heterocycles. The molecule has 0 spiro atoms. The summed E-state index contributed by atoms with van der Waals surface area (Å²) in [6, 6.07) is 17.4. The molecule has 5 heteroatoms. The molecule has 3 aromatic rings. The molecule has 25 heavy (non-hydrogen) atoms. The number of aromatic nitrogens is 2. The molecule has 1 aromatic heterocycles. The van der Waals surface area contributed by atoms with Crippen molar-refractivity contribution in [2.75, 3.05) is 13.1 Å². The third-order valence-electron chi connectivity index (χ3n) is 4.12. The highest BCUT2D eigenvalue weighted by molar-refractivity contribution is 5.94. The quantitative estimate of drug-likeness (QED) is 0.701. The molecule has 0 fully saturated rings. The lowest BCUT2D eigenvalue weighted by molar-refractivity contribution is 0.0764. The van der Waals surface area contributed by atoms with Crippen LogP contribution in [0.4, 0.5) is 4.39 Å². The monoisotopic (exact) mass is 337 g/mol. The first-order valence-corrected chi connectivity index (χ1v) is 8.34. The minimum atomic E-state index is -0.300. The van der Waals surface area contributed by atoms with Crippen LogP contribution in [-0.4, -0.2) is 33.7 Å². The van der Waals surface area contributed by atoms with E-state index >= 15 is 0 Å². The Morgan fingerprint density at radius 2 is 1.68 bits per heavy atom. The molecule has 128 valence electrons. The van der Waals surface area contributed by atoms with Gasteiger partial charge in [-0.05, 0) is 56.3 Å². The molecule has 0 radical (unpaired) electrons. The van der Waals surface area contributed by atoms with Gasteiger partial charge in [0.25, 0.3) is 5.91 Å². The maximum Gasteiger partial charge on any atom is 0.272 e. The molecular formula is C20H20FN3O. The normalized spacial score (nSPS) is 10.7. The predicted molar refractivity (Wildman–Crippen MR) is 96.2 cm³/mol. The maximum atomic E-state index is 13.2. The van der Waals surface area contributed by atoms with E-state index in [4.69, 9.17) is 0 Å². The minimum absolute atomic E-state index is 0.0743. The van der Waals surface area contributed by atoms with Crippen LogP contribution in [0, 0.1) is 5.82 Å². The summed E-state index contributed by atoms with van der Waals surface area (Å²) in [5.41, 5.74) is 2.71. The molecule has 0 N–H and O–H groups in total. The van der Waals surface area contributed by atoms with Crippen LogP contribution in [0.2, 0.25) is 0 Å². The van der Waals surface area contributed by atoms with Gasteiger partial charge in [0.15, 0.2) is 0 Å². The molecule has 0 atom stereocenters. The van der Waals surface area contributed by atoms with Crippen LogP contribution in [0.25, 0.3) is 16.9 Å². The molecule has 0 bridgehead atoms. The van der Waals surface area contributed by atoms with Crippen LogP contribution < -0.4 is 0 Å². The summed E-state index contributed by atoms with van der Waals surface area (Å²) < 4.78 is 14.8. The van der Waals surface area contributed by atoms with Gasteiger partial charge in [0.1, 0.15) is 11.5 Å². The van der Waals surface area contributed by atoms with E-state index in [-0.39, 0.29) is 11.7 Å². The fraction of sp³-hybridized carbons (Fsp3) is 0.200. The van der Waals surface area contributed by atoms with Crippen molar-refractivity contribution in [3.8, 4) is 16.9 Å². The number of para-hydroxylation sites is 1. The maximum absolute atomic E-state index is 13.2. The van der Waals surface area contributed by atoms with Crippen LogP contribution >= 0.6 is 0 Å². The Hall–Kier alpha value is -2.95. The van der Waals surface area contributed by atoms with Gasteiger partial charge >= 0.3 is 0 Å². The fourth-order valence-corrected chi connectivity index (χ4v) is 2.73. The van der Waals surface area contributed by atoms with E-state index in [1.807, 2.05) is 44.2 Å². The number of halogens is 1. The largest absolute Gasteiger partial charge is 0.338 e. The van der Waals surface area contributed by atoms with Gasteiger partial charge in [-0.3, -0.25) is 4.79 Å². The van der Waals surface area contributed by atoms with E-state index < -0.39 is 0 Å². The number of amides is 1. The first-order chi connectivity index (χ1) is 12.1. The predicted octanol–water partition coefficient (Wildman–Crippen LogP) is 4.16. The first kappa shape index (κ1) is 16.9. The van der Waals surface area contributed by atoms with E-state index in [2.05, 4.69) is 5.10 Å². The summed E-state index contributed by atoms with van der Waals surface area (Å²) in [6.07, 6.45) is 0. The third-order valence-corrected chi connectivity index (χ3v) is 4.12. The van der Waals surface area contributed by atoms with E-state index in [0.717, 1.165) is 11.3 Å². The van der Waals surface area contributed by atoms with Crippen LogP contribution in [0.15, 0.2) is 60.7 Å². The van der Waals surface area contributed by atoms with Crippen LogP contribution in [0.1, 0.15) is 24.3 Å². The average molecular weight is 337 g/mol. The van der Waals surface area contributed by atoms with Crippen molar-refractivity contribution in [2.45, 2.75) is 13.8 Å². The van der Waals surface area contributed by atoms with Crippen molar-refractivity contribution in [3.05, 3.63) is 72.2 Å².